The minimum atomic E-state index is -0.202. The fourth-order valence-corrected chi connectivity index (χ4v) is 4.55. The Balaban J connectivity index is 1.60. The van der Waals surface area contributed by atoms with Crippen LogP contribution in [0.25, 0.3) is 5.69 Å². The van der Waals surface area contributed by atoms with Gasteiger partial charge in [0.05, 0.1) is 18.3 Å². The number of aromatic nitrogens is 1. The Bertz CT molecular complexity index is 1260. The maximum atomic E-state index is 13.7. The molecule has 4 heteroatoms. The van der Waals surface area contributed by atoms with E-state index in [2.05, 4.69) is 96.7 Å². The highest BCUT2D eigenvalue weighted by Crippen LogP contribution is 2.37. The molecule has 160 valence electrons. The van der Waals surface area contributed by atoms with Crippen molar-refractivity contribution in [3.8, 4) is 5.69 Å². The number of urea groups is 1. The Hall–Kier alpha value is -3.79. The second kappa shape index (κ2) is 8.39. The predicted molar refractivity (Wildman–Crippen MR) is 129 cm³/mol. The molecule has 1 aliphatic heterocycles. The average molecular weight is 422 g/mol. The molecule has 0 saturated carbocycles. The van der Waals surface area contributed by atoms with Crippen LogP contribution < -0.4 is 5.32 Å². The van der Waals surface area contributed by atoms with Crippen molar-refractivity contribution in [3.63, 3.8) is 0 Å². The summed E-state index contributed by atoms with van der Waals surface area (Å²) < 4.78 is 2.21. The summed E-state index contributed by atoms with van der Waals surface area (Å²) in [5.41, 5.74) is 7.67. The molecule has 0 aliphatic carbocycles. The number of benzene rings is 3. The molecule has 32 heavy (non-hydrogen) atoms. The van der Waals surface area contributed by atoms with Gasteiger partial charge in [0, 0.05) is 17.6 Å². The first kappa shape index (κ1) is 20.1. The minimum Gasteiger partial charge on any atom is -0.318 e. The number of rotatable bonds is 3. The fourth-order valence-electron chi connectivity index (χ4n) is 4.55. The van der Waals surface area contributed by atoms with Gasteiger partial charge in [-0.05, 0) is 60.4 Å². The van der Waals surface area contributed by atoms with Gasteiger partial charge in [-0.15, -0.1) is 0 Å². The van der Waals surface area contributed by atoms with Gasteiger partial charge in [0.25, 0.3) is 0 Å². The third kappa shape index (κ3) is 3.69. The van der Waals surface area contributed by atoms with Crippen molar-refractivity contribution in [3.05, 3.63) is 119 Å². The quantitative estimate of drug-likeness (QED) is 0.404. The number of hydrogen-bond acceptors (Lipinski definition) is 1. The lowest BCUT2D eigenvalue weighted by Crippen LogP contribution is -2.37. The first-order valence-corrected chi connectivity index (χ1v) is 11.1. The number of hydrogen-bond donors (Lipinski definition) is 1. The van der Waals surface area contributed by atoms with Gasteiger partial charge in [0.2, 0.25) is 0 Å². The van der Waals surface area contributed by atoms with E-state index in [1.165, 1.54) is 11.1 Å². The molecule has 4 nitrogen and oxygen atoms in total. The predicted octanol–water partition coefficient (Wildman–Crippen LogP) is 6.49. The van der Waals surface area contributed by atoms with Crippen molar-refractivity contribution in [2.75, 3.05) is 5.32 Å². The highest BCUT2D eigenvalue weighted by molar-refractivity contribution is 5.90. The molecular weight excluding hydrogens is 394 g/mol. The summed E-state index contributed by atoms with van der Waals surface area (Å²) in [6.45, 7) is 4.74. The van der Waals surface area contributed by atoms with Crippen molar-refractivity contribution < 1.29 is 4.79 Å². The molecule has 0 bridgehead atoms. The van der Waals surface area contributed by atoms with Crippen LogP contribution in [-0.4, -0.2) is 15.5 Å². The zero-order valence-corrected chi connectivity index (χ0v) is 18.5. The molecule has 2 amide bonds. The number of carbonyl (C=O) groups excluding carboxylic acids is 1. The molecule has 0 unspecified atom stereocenters. The molecule has 1 atom stereocenters. The van der Waals surface area contributed by atoms with Gasteiger partial charge in [-0.2, -0.15) is 0 Å². The maximum Gasteiger partial charge on any atom is 0.322 e. The highest BCUT2D eigenvalue weighted by atomic mass is 16.2. The van der Waals surface area contributed by atoms with Crippen molar-refractivity contribution in [1.29, 1.82) is 0 Å². The summed E-state index contributed by atoms with van der Waals surface area (Å²) in [6, 6.07) is 28.7. The van der Waals surface area contributed by atoms with Gasteiger partial charge in [0.1, 0.15) is 0 Å². The molecule has 4 aromatic rings. The number of para-hydroxylation sites is 1. The third-order valence-electron chi connectivity index (χ3n) is 6.20. The molecule has 2 heterocycles. The van der Waals surface area contributed by atoms with E-state index in [0.717, 1.165) is 34.6 Å². The van der Waals surface area contributed by atoms with Crippen LogP contribution >= 0.6 is 0 Å². The topological polar surface area (TPSA) is 37.3 Å². The number of aryl methyl sites for hydroxylation is 2. The van der Waals surface area contributed by atoms with Crippen LogP contribution in [0.4, 0.5) is 10.5 Å². The normalized spacial score (nSPS) is 14.9. The monoisotopic (exact) mass is 421 g/mol. The second-order valence-corrected chi connectivity index (χ2v) is 8.36. The molecule has 0 fully saturated rings. The molecular formula is C28H27N3O. The number of fused-ring (bicyclic) bond motifs is 3. The summed E-state index contributed by atoms with van der Waals surface area (Å²) in [5.74, 6) is 0. The van der Waals surface area contributed by atoms with Crippen molar-refractivity contribution in [2.24, 2.45) is 0 Å². The van der Waals surface area contributed by atoms with Gasteiger partial charge in [0.15, 0.2) is 0 Å². The largest absolute Gasteiger partial charge is 0.322 e. The highest BCUT2D eigenvalue weighted by Gasteiger charge is 2.33. The van der Waals surface area contributed by atoms with Crippen LogP contribution in [-0.2, 0) is 13.0 Å². The standard InChI is InChI=1S/C28H27N3O/c1-3-21-13-15-24(16-14-21)29-28(32)31-19-23-9-4-5-11-25(23)30-17-7-12-26(30)27(31)22-10-6-8-20(2)18-22/h4-18,27H,3,19H2,1-2H3,(H,29,32)/t27-/m0/s1. The minimum absolute atomic E-state index is 0.106. The van der Waals surface area contributed by atoms with Crippen LogP contribution in [0.5, 0.6) is 0 Å². The molecule has 0 saturated heterocycles. The first-order valence-electron chi connectivity index (χ1n) is 11.1. The van der Waals surface area contributed by atoms with Crippen molar-refractivity contribution in [2.45, 2.75) is 32.9 Å². The SMILES string of the molecule is CCc1ccc(NC(=O)N2Cc3ccccc3-n3cccc3[C@@H]2c2cccc(C)c2)cc1. The molecule has 0 radical (unpaired) electrons. The molecule has 3 aromatic carbocycles. The molecule has 1 aliphatic rings. The van der Waals surface area contributed by atoms with Crippen molar-refractivity contribution >= 4 is 11.7 Å². The summed E-state index contributed by atoms with van der Waals surface area (Å²) in [7, 11) is 0. The Kier molecular flexibility index (Phi) is 5.28. The number of amides is 2. The van der Waals surface area contributed by atoms with E-state index < -0.39 is 0 Å². The van der Waals surface area contributed by atoms with E-state index in [9.17, 15) is 4.79 Å². The van der Waals surface area contributed by atoms with Crippen LogP contribution in [0.15, 0.2) is 91.1 Å². The number of nitrogens with one attached hydrogen (secondary N) is 1. The maximum absolute atomic E-state index is 13.7. The van der Waals surface area contributed by atoms with E-state index in [4.69, 9.17) is 0 Å². The lowest BCUT2D eigenvalue weighted by atomic mass is 10.00. The van der Waals surface area contributed by atoms with Crippen LogP contribution in [0.2, 0.25) is 0 Å². The Labute approximate surface area is 189 Å². The van der Waals surface area contributed by atoms with Gasteiger partial charge in [-0.1, -0.05) is 67.1 Å². The number of carbonyl (C=O) groups is 1. The average Bonchev–Trinajstić information content (AvgIpc) is 3.23. The van der Waals surface area contributed by atoms with Crippen LogP contribution in [0, 0.1) is 6.92 Å². The lowest BCUT2D eigenvalue weighted by Gasteiger charge is -2.31. The molecule has 5 rings (SSSR count). The van der Waals surface area contributed by atoms with Crippen LogP contribution in [0.3, 0.4) is 0 Å². The summed E-state index contributed by atoms with van der Waals surface area (Å²) >= 11 is 0. The van der Waals surface area contributed by atoms with Gasteiger partial charge < -0.3 is 14.8 Å². The Morgan fingerprint density at radius 2 is 1.78 bits per heavy atom. The smallest absolute Gasteiger partial charge is 0.318 e. The van der Waals surface area contributed by atoms with E-state index in [1.807, 2.05) is 23.1 Å². The van der Waals surface area contributed by atoms with Crippen LogP contribution in [0.1, 0.15) is 40.9 Å². The number of anilines is 1. The fraction of sp³-hybridized carbons (Fsp3) is 0.179. The zero-order chi connectivity index (χ0) is 22.1. The zero-order valence-electron chi connectivity index (χ0n) is 18.5. The van der Waals surface area contributed by atoms with Gasteiger partial charge in [-0.25, -0.2) is 4.79 Å². The number of nitrogens with zero attached hydrogens (tertiary/aromatic N) is 2. The van der Waals surface area contributed by atoms with E-state index >= 15 is 0 Å². The molecule has 0 spiro atoms. The second-order valence-electron chi connectivity index (χ2n) is 8.36. The Morgan fingerprint density at radius 3 is 2.56 bits per heavy atom. The van der Waals surface area contributed by atoms with E-state index in [1.54, 1.807) is 0 Å². The van der Waals surface area contributed by atoms with E-state index in [0.29, 0.717) is 6.54 Å². The van der Waals surface area contributed by atoms with E-state index in [-0.39, 0.29) is 12.1 Å². The molecule has 1 N–H and O–H groups in total. The van der Waals surface area contributed by atoms with Crippen molar-refractivity contribution in [1.82, 2.24) is 9.47 Å². The summed E-state index contributed by atoms with van der Waals surface area (Å²) in [6.07, 6.45) is 3.06. The first-order chi connectivity index (χ1) is 15.6. The summed E-state index contributed by atoms with van der Waals surface area (Å²) in [4.78, 5) is 15.6. The summed E-state index contributed by atoms with van der Waals surface area (Å²) in [5, 5.41) is 3.14. The van der Waals surface area contributed by atoms with Gasteiger partial charge >= 0.3 is 6.03 Å². The third-order valence-corrected chi connectivity index (χ3v) is 6.20. The van der Waals surface area contributed by atoms with Gasteiger partial charge in [-0.3, -0.25) is 0 Å². The Morgan fingerprint density at radius 1 is 0.969 bits per heavy atom. The molecule has 1 aromatic heterocycles. The lowest BCUT2D eigenvalue weighted by molar-refractivity contribution is 0.194.